The molecule has 82 valence electrons. The summed E-state index contributed by atoms with van der Waals surface area (Å²) in [5.74, 6) is -0.376. The molecule has 0 bridgehead atoms. The fourth-order valence-electron chi connectivity index (χ4n) is 1.43. The van der Waals surface area contributed by atoms with Gasteiger partial charge in [-0.1, -0.05) is 29.3 Å². The molecule has 0 amide bonds. The quantitative estimate of drug-likeness (QED) is 0.752. The van der Waals surface area contributed by atoms with Crippen LogP contribution in [0.25, 0.3) is 11.1 Å². The third-order valence-corrected chi connectivity index (χ3v) is 2.96. The van der Waals surface area contributed by atoms with Crippen LogP contribution in [0.15, 0.2) is 36.4 Å². The van der Waals surface area contributed by atoms with Gasteiger partial charge in [-0.25, -0.2) is 4.39 Å². The molecule has 0 fully saturated rings. The van der Waals surface area contributed by atoms with Gasteiger partial charge < -0.3 is 5.73 Å². The molecule has 1 nitrogen and oxygen atoms in total. The first kappa shape index (κ1) is 11.2. The zero-order valence-corrected chi connectivity index (χ0v) is 9.69. The summed E-state index contributed by atoms with van der Waals surface area (Å²) in [5, 5.41) is 0.844. The van der Waals surface area contributed by atoms with Crippen molar-refractivity contribution in [2.75, 3.05) is 5.73 Å². The molecular formula is C12H8Cl2FN. The Bertz CT molecular complexity index is 541. The van der Waals surface area contributed by atoms with Gasteiger partial charge in [-0.3, -0.25) is 0 Å². The molecule has 2 rings (SSSR count). The molecule has 0 aliphatic heterocycles. The van der Waals surface area contributed by atoms with Gasteiger partial charge >= 0.3 is 0 Å². The van der Waals surface area contributed by atoms with Crippen molar-refractivity contribution >= 4 is 28.9 Å². The van der Waals surface area contributed by atoms with E-state index in [0.717, 1.165) is 0 Å². The van der Waals surface area contributed by atoms with Crippen LogP contribution < -0.4 is 5.73 Å². The number of nitrogens with two attached hydrogens (primary N) is 1. The van der Waals surface area contributed by atoms with Crippen LogP contribution in [0.3, 0.4) is 0 Å². The minimum atomic E-state index is -0.376. The van der Waals surface area contributed by atoms with Crippen LogP contribution in [-0.4, -0.2) is 0 Å². The number of hydrogen-bond acceptors (Lipinski definition) is 1. The van der Waals surface area contributed by atoms with Crippen molar-refractivity contribution in [3.05, 3.63) is 52.3 Å². The smallest absolute Gasteiger partial charge is 0.133 e. The maximum absolute atomic E-state index is 13.6. The van der Waals surface area contributed by atoms with Gasteiger partial charge in [-0.15, -0.1) is 0 Å². The highest BCUT2D eigenvalue weighted by Crippen LogP contribution is 2.30. The van der Waals surface area contributed by atoms with Gasteiger partial charge in [-0.2, -0.15) is 0 Å². The summed E-state index contributed by atoms with van der Waals surface area (Å²) in [5.41, 5.74) is 6.99. The maximum atomic E-state index is 13.6. The molecule has 16 heavy (non-hydrogen) atoms. The molecule has 0 saturated carbocycles. The average Bonchev–Trinajstić information content (AvgIpc) is 2.22. The molecule has 2 aromatic carbocycles. The third kappa shape index (κ3) is 2.13. The summed E-state index contributed by atoms with van der Waals surface area (Å²) < 4.78 is 13.6. The van der Waals surface area contributed by atoms with E-state index in [1.807, 2.05) is 0 Å². The Morgan fingerprint density at radius 1 is 0.938 bits per heavy atom. The monoisotopic (exact) mass is 255 g/mol. The van der Waals surface area contributed by atoms with Crippen molar-refractivity contribution in [1.29, 1.82) is 0 Å². The van der Waals surface area contributed by atoms with E-state index in [1.165, 1.54) is 6.07 Å². The van der Waals surface area contributed by atoms with Gasteiger partial charge in [0.2, 0.25) is 0 Å². The van der Waals surface area contributed by atoms with Gasteiger partial charge in [0.25, 0.3) is 0 Å². The summed E-state index contributed by atoms with van der Waals surface area (Å²) in [4.78, 5) is 0. The minimum absolute atomic E-state index is 0.376. The normalized spacial score (nSPS) is 10.4. The Morgan fingerprint density at radius 3 is 2.31 bits per heavy atom. The van der Waals surface area contributed by atoms with E-state index < -0.39 is 0 Å². The molecule has 2 aromatic rings. The Kier molecular flexibility index (Phi) is 3.03. The lowest BCUT2D eigenvalue weighted by molar-refractivity contribution is 0.632. The zero-order chi connectivity index (χ0) is 11.7. The highest BCUT2D eigenvalue weighted by atomic mass is 35.5. The molecule has 0 aromatic heterocycles. The lowest BCUT2D eigenvalue weighted by Crippen LogP contribution is -1.89. The maximum Gasteiger partial charge on any atom is 0.133 e. The predicted molar refractivity (Wildman–Crippen MR) is 66.3 cm³/mol. The first-order chi connectivity index (χ1) is 7.58. The first-order valence-corrected chi connectivity index (χ1v) is 5.34. The summed E-state index contributed by atoms with van der Waals surface area (Å²) in [7, 11) is 0. The summed E-state index contributed by atoms with van der Waals surface area (Å²) in [6.45, 7) is 0. The second-order valence-electron chi connectivity index (χ2n) is 3.37. The van der Waals surface area contributed by atoms with Gasteiger partial charge in [0, 0.05) is 11.3 Å². The van der Waals surface area contributed by atoms with Crippen molar-refractivity contribution in [1.82, 2.24) is 0 Å². The SMILES string of the molecule is Nc1ccc(-c2ccc(Cl)c(Cl)c2)c(F)c1. The molecule has 4 heteroatoms. The van der Waals surface area contributed by atoms with Crippen LogP contribution in [0.1, 0.15) is 0 Å². The molecule has 0 atom stereocenters. The van der Waals surface area contributed by atoms with E-state index >= 15 is 0 Å². The lowest BCUT2D eigenvalue weighted by atomic mass is 10.0. The molecule has 0 unspecified atom stereocenters. The molecular weight excluding hydrogens is 248 g/mol. The fourth-order valence-corrected chi connectivity index (χ4v) is 1.73. The molecule has 0 aliphatic carbocycles. The van der Waals surface area contributed by atoms with E-state index in [9.17, 15) is 4.39 Å². The van der Waals surface area contributed by atoms with Crippen LogP contribution in [-0.2, 0) is 0 Å². The molecule has 0 radical (unpaired) electrons. The van der Waals surface area contributed by atoms with Crippen molar-refractivity contribution < 1.29 is 4.39 Å². The topological polar surface area (TPSA) is 26.0 Å². The second-order valence-corrected chi connectivity index (χ2v) is 4.18. The summed E-state index contributed by atoms with van der Waals surface area (Å²) >= 11 is 11.7. The van der Waals surface area contributed by atoms with Crippen LogP contribution in [0.4, 0.5) is 10.1 Å². The largest absolute Gasteiger partial charge is 0.399 e. The van der Waals surface area contributed by atoms with Crippen molar-refractivity contribution in [3.63, 3.8) is 0 Å². The number of benzene rings is 2. The molecule has 0 aliphatic rings. The molecule has 0 heterocycles. The predicted octanol–water partition coefficient (Wildman–Crippen LogP) is 4.38. The number of hydrogen-bond donors (Lipinski definition) is 1. The summed E-state index contributed by atoms with van der Waals surface area (Å²) in [6, 6.07) is 9.50. The number of halogens is 3. The first-order valence-electron chi connectivity index (χ1n) is 4.58. The zero-order valence-electron chi connectivity index (χ0n) is 8.18. The summed E-state index contributed by atoms with van der Waals surface area (Å²) in [6.07, 6.45) is 0. The van der Waals surface area contributed by atoms with Crippen LogP contribution in [0, 0.1) is 5.82 Å². The van der Waals surface area contributed by atoms with Gasteiger partial charge in [0.15, 0.2) is 0 Å². The Balaban J connectivity index is 2.54. The number of anilines is 1. The third-order valence-electron chi connectivity index (χ3n) is 2.22. The van der Waals surface area contributed by atoms with Gasteiger partial charge in [0.1, 0.15) is 5.82 Å². The van der Waals surface area contributed by atoms with E-state index in [0.29, 0.717) is 26.9 Å². The van der Waals surface area contributed by atoms with E-state index in [2.05, 4.69) is 0 Å². The van der Waals surface area contributed by atoms with Crippen molar-refractivity contribution in [2.45, 2.75) is 0 Å². The van der Waals surface area contributed by atoms with Crippen molar-refractivity contribution in [3.8, 4) is 11.1 Å². The Labute approximate surface area is 103 Å². The van der Waals surface area contributed by atoms with E-state index in [4.69, 9.17) is 28.9 Å². The van der Waals surface area contributed by atoms with E-state index in [1.54, 1.807) is 30.3 Å². The Hall–Kier alpha value is -1.25. The van der Waals surface area contributed by atoms with Gasteiger partial charge in [-0.05, 0) is 35.9 Å². The number of rotatable bonds is 1. The van der Waals surface area contributed by atoms with Crippen LogP contribution in [0.5, 0.6) is 0 Å². The highest BCUT2D eigenvalue weighted by Gasteiger charge is 2.07. The average molecular weight is 256 g/mol. The van der Waals surface area contributed by atoms with Crippen LogP contribution in [0.2, 0.25) is 10.0 Å². The van der Waals surface area contributed by atoms with E-state index in [-0.39, 0.29) is 5.82 Å². The highest BCUT2D eigenvalue weighted by molar-refractivity contribution is 6.42. The molecule has 2 N–H and O–H groups in total. The Morgan fingerprint density at radius 2 is 1.69 bits per heavy atom. The van der Waals surface area contributed by atoms with Gasteiger partial charge in [0.05, 0.1) is 10.0 Å². The number of nitrogen functional groups attached to an aromatic ring is 1. The fraction of sp³-hybridized carbons (Fsp3) is 0. The lowest BCUT2D eigenvalue weighted by Gasteiger charge is -2.05. The standard InChI is InChI=1S/C12H8Cl2FN/c13-10-4-1-7(5-11(10)14)9-3-2-8(16)6-12(9)15/h1-6H,16H2. The molecule has 0 saturated heterocycles. The second kappa shape index (κ2) is 4.32. The minimum Gasteiger partial charge on any atom is -0.399 e. The molecule has 0 spiro atoms. The van der Waals surface area contributed by atoms with Crippen molar-refractivity contribution in [2.24, 2.45) is 0 Å². The van der Waals surface area contributed by atoms with Crippen LogP contribution >= 0.6 is 23.2 Å².